The highest BCUT2D eigenvalue weighted by Crippen LogP contribution is 2.15. The number of rotatable bonds is 4. The van der Waals surface area contributed by atoms with Crippen molar-refractivity contribution >= 4 is 11.4 Å². The van der Waals surface area contributed by atoms with Gasteiger partial charge in [0.05, 0.1) is 11.0 Å². The molecule has 1 unspecified atom stereocenters. The van der Waals surface area contributed by atoms with Crippen LogP contribution in [0.25, 0.3) is 0 Å². The van der Waals surface area contributed by atoms with Gasteiger partial charge >= 0.3 is 0 Å². The van der Waals surface area contributed by atoms with E-state index in [0.717, 1.165) is 0 Å². The van der Waals surface area contributed by atoms with E-state index in [2.05, 4.69) is 5.32 Å². The van der Waals surface area contributed by atoms with Crippen LogP contribution in [0.1, 0.15) is 6.92 Å². The molecule has 0 saturated heterocycles. The van der Waals surface area contributed by atoms with Crippen molar-refractivity contribution in [2.75, 3.05) is 12.0 Å². The Kier molecular flexibility index (Phi) is 3.39. The summed E-state index contributed by atoms with van der Waals surface area (Å²) in [4.78, 5) is 9.85. The lowest BCUT2D eigenvalue weighted by molar-refractivity contribution is -0.384. The van der Waals surface area contributed by atoms with Crippen LogP contribution in [-0.2, 0) is 0 Å². The van der Waals surface area contributed by atoms with Gasteiger partial charge in [0.1, 0.15) is 6.67 Å². The van der Waals surface area contributed by atoms with E-state index in [1.807, 2.05) is 0 Å². The Bertz CT molecular complexity index is 313. The van der Waals surface area contributed by atoms with Crippen molar-refractivity contribution in [1.82, 2.24) is 0 Å². The van der Waals surface area contributed by atoms with Crippen molar-refractivity contribution in [2.24, 2.45) is 0 Å². The van der Waals surface area contributed by atoms with Gasteiger partial charge in [0.15, 0.2) is 0 Å². The van der Waals surface area contributed by atoms with Gasteiger partial charge in [-0.3, -0.25) is 10.1 Å². The summed E-state index contributed by atoms with van der Waals surface area (Å²) in [5.41, 5.74) is 0.712. The van der Waals surface area contributed by atoms with Crippen molar-refractivity contribution in [3.63, 3.8) is 0 Å². The molecule has 0 aliphatic rings. The number of anilines is 1. The number of nitrogens with one attached hydrogen (secondary N) is 1. The molecular formula is C9H11FN2O2. The highest BCUT2D eigenvalue weighted by molar-refractivity contribution is 5.48. The zero-order valence-electron chi connectivity index (χ0n) is 7.74. The van der Waals surface area contributed by atoms with Gasteiger partial charge in [-0.15, -0.1) is 0 Å². The minimum absolute atomic E-state index is 0.0310. The van der Waals surface area contributed by atoms with Crippen LogP contribution in [0.5, 0.6) is 0 Å². The second-order valence-electron chi connectivity index (χ2n) is 3.00. The zero-order valence-corrected chi connectivity index (χ0v) is 7.74. The summed E-state index contributed by atoms with van der Waals surface area (Å²) in [5.74, 6) is 0. The summed E-state index contributed by atoms with van der Waals surface area (Å²) >= 11 is 0. The van der Waals surface area contributed by atoms with Crippen LogP contribution in [0.15, 0.2) is 24.3 Å². The van der Waals surface area contributed by atoms with Crippen molar-refractivity contribution in [1.29, 1.82) is 0 Å². The fourth-order valence-corrected chi connectivity index (χ4v) is 1.00. The molecule has 0 heterocycles. The average Bonchev–Trinajstić information content (AvgIpc) is 2.18. The molecule has 0 aliphatic heterocycles. The molecule has 14 heavy (non-hydrogen) atoms. The van der Waals surface area contributed by atoms with E-state index >= 15 is 0 Å². The van der Waals surface area contributed by atoms with E-state index in [1.54, 1.807) is 19.1 Å². The largest absolute Gasteiger partial charge is 0.380 e. The van der Waals surface area contributed by atoms with E-state index in [-0.39, 0.29) is 11.7 Å². The molecule has 76 valence electrons. The fraction of sp³-hybridized carbons (Fsp3) is 0.333. The van der Waals surface area contributed by atoms with Crippen LogP contribution in [-0.4, -0.2) is 17.6 Å². The summed E-state index contributed by atoms with van der Waals surface area (Å²) in [7, 11) is 0. The quantitative estimate of drug-likeness (QED) is 0.596. The Morgan fingerprint density at radius 2 is 2.07 bits per heavy atom. The molecule has 1 rings (SSSR count). The first-order valence-corrected chi connectivity index (χ1v) is 4.20. The highest BCUT2D eigenvalue weighted by Gasteiger charge is 2.05. The number of nitro groups is 1. The summed E-state index contributed by atoms with van der Waals surface area (Å²) in [6.45, 7) is 1.22. The predicted molar refractivity (Wildman–Crippen MR) is 52.2 cm³/mol. The standard InChI is InChI=1S/C9H11FN2O2/c1-7(6-10)11-8-2-4-9(5-3-8)12(13)14/h2-5,7,11H,6H2,1H3. The Labute approximate surface area is 80.9 Å². The van der Waals surface area contributed by atoms with E-state index in [1.165, 1.54) is 12.1 Å². The first-order valence-electron chi connectivity index (χ1n) is 4.20. The van der Waals surface area contributed by atoms with E-state index < -0.39 is 11.6 Å². The Morgan fingerprint density at radius 1 is 1.50 bits per heavy atom. The minimum Gasteiger partial charge on any atom is -0.380 e. The van der Waals surface area contributed by atoms with Crippen LogP contribution < -0.4 is 5.32 Å². The molecule has 0 radical (unpaired) electrons. The number of non-ortho nitro benzene ring substituents is 1. The molecule has 5 heteroatoms. The zero-order chi connectivity index (χ0) is 10.6. The number of alkyl halides is 1. The van der Waals surface area contributed by atoms with E-state index in [0.29, 0.717) is 5.69 Å². The molecule has 0 fully saturated rings. The van der Waals surface area contributed by atoms with E-state index in [9.17, 15) is 14.5 Å². The second kappa shape index (κ2) is 4.55. The smallest absolute Gasteiger partial charge is 0.269 e. The summed E-state index contributed by atoms with van der Waals surface area (Å²) in [6, 6.07) is 5.60. The maximum absolute atomic E-state index is 12.1. The van der Waals surface area contributed by atoms with Gasteiger partial charge < -0.3 is 5.32 Å². The molecule has 4 nitrogen and oxygen atoms in total. The summed E-state index contributed by atoms with van der Waals surface area (Å²) < 4.78 is 12.1. The number of hydrogen-bond donors (Lipinski definition) is 1. The van der Waals surface area contributed by atoms with Crippen LogP contribution in [0.2, 0.25) is 0 Å². The van der Waals surface area contributed by atoms with Crippen LogP contribution in [0, 0.1) is 10.1 Å². The first-order chi connectivity index (χ1) is 6.63. The van der Waals surface area contributed by atoms with Gasteiger partial charge in [0.25, 0.3) is 5.69 Å². The predicted octanol–water partition coefficient (Wildman–Crippen LogP) is 2.36. The monoisotopic (exact) mass is 198 g/mol. The van der Waals surface area contributed by atoms with Crippen LogP contribution in [0.3, 0.4) is 0 Å². The average molecular weight is 198 g/mol. The molecule has 0 aliphatic carbocycles. The third-order valence-corrected chi connectivity index (χ3v) is 1.72. The third kappa shape index (κ3) is 2.69. The molecule has 1 N–H and O–H groups in total. The minimum atomic E-state index is -0.475. The summed E-state index contributed by atoms with van der Waals surface area (Å²) in [6.07, 6.45) is 0. The molecule has 1 atom stereocenters. The summed E-state index contributed by atoms with van der Waals surface area (Å²) in [5, 5.41) is 13.2. The van der Waals surface area contributed by atoms with Crippen molar-refractivity contribution in [2.45, 2.75) is 13.0 Å². The third-order valence-electron chi connectivity index (χ3n) is 1.72. The molecule has 1 aromatic rings. The number of nitro benzene ring substituents is 1. The molecule has 0 amide bonds. The maximum Gasteiger partial charge on any atom is 0.269 e. The number of halogens is 1. The lowest BCUT2D eigenvalue weighted by atomic mass is 10.2. The van der Waals surface area contributed by atoms with Crippen LogP contribution >= 0.6 is 0 Å². The number of hydrogen-bond acceptors (Lipinski definition) is 3. The number of benzene rings is 1. The lowest BCUT2D eigenvalue weighted by Crippen LogP contribution is -2.16. The second-order valence-corrected chi connectivity index (χ2v) is 3.00. The number of nitrogens with zero attached hydrogens (tertiary/aromatic N) is 1. The SMILES string of the molecule is CC(CF)Nc1ccc([N+](=O)[O-])cc1. The highest BCUT2D eigenvalue weighted by atomic mass is 19.1. The molecule has 0 spiro atoms. The van der Waals surface area contributed by atoms with Gasteiger partial charge in [-0.1, -0.05) is 0 Å². The maximum atomic E-state index is 12.1. The fourth-order valence-electron chi connectivity index (χ4n) is 1.00. The Balaban J connectivity index is 2.68. The van der Waals surface area contributed by atoms with Gasteiger partial charge in [-0.25, -0.2) is 4.39 Å². The van der Waals surface area contributed by atoms with Gasteiger partial charge in [0, 0.05) is 17.8 Å². The molecular weight excluding hydrogens is 187 g/mol. The van der Waals surface area contributed by atoms with Crippen molar-refractivity contribution in [3.05, 3.63) is 34.4 Å². The topological polar surface area (TPSA) is 55.2 Å². The van der Waals surface area contributed by atoms with E-state index in [4.69, 9.17) is 0 Å². The molecule has 0 bridgehead atoms. The Hall–Kier alpha value is -1.65. The first kappa shape index (κ1) is 10.4. The molecule has 0 saturated carbocycles. The lowest BCUT2D eigenvalue weighted by Gasteiger charge is -2.10. The Morgan fingerprint density at radius 3 is 2.50 bits per heavy atom. The van der Waals surface area contributed by atoms with Gasteiger partial charge in [-0.05, 0) is 19.1 Å². The normalized spacial score (nSPS) is 12.1. The van der Waals surface area contributed by atoms with Gasteiger partial charge in [-0.2, -0.15) is 0 Å². The molecule has 0 aromatic heterocycles. The molecule has 1 aromatic carbocycles. The van der Waals surface area contributed by atoms with Crippen molar-refractivity contribution < 1.29 is 9.31 Å². The van der Waals surface area contributed by atoms with Crippen LogP contribution in [0.4, 0.5) is 15.8 Å². The van der Waals surface area contributed by atoms with Crippen molar-refractivity contribution in [3.8, 4) is 0 Å². The van der Waals surface area contributed by atoms with Gasteiger partial charge in [0.2, 0.25) is 0 Å².